The van der Waals surface area contributed by atoms with Gasteiger partial charge in [-0.1, -0.05) is 6.08 Å². The molecule has 1 aliphatic rings. The topological polar surface area (TPSA) is 38.4 Å². The van der Waals surface area contributed by atoms with E-state index in [2.05, 4.69) is 4.99 Å². The summed E-state index contributed by atoms with van der Waals surface area (Å²) < 4.78 is 26.2. The Bertz CT molecular complexity index is 199. The molecule has 0 amide bonds. The molecule has 0 saturated carbocycles. The predicted molar refractivity (Wildman–Crippen MR) is 44.4 cm³/mol. The van der Waals surface area contributed by atoms with E-state index in [1.807, 2.05) is 0 Å². The predicted octanol–water partition coefficient (Wildman–Crippen LogP) is 1.57. The van der Waals surface area contributed by atoms with Crippen LogP contribution in [0.2, 0.25) is 0 Å². The maximum atomic E-state index is 13.1. The molecule has 4 heteroatoms. The van der Waals surface area contributed by atoms with Crippen molar-refractivity contribution in [3.05, 3.63) is 12.3 Å². The molecule has 0 saturated heterocycles. The van der Waals surface area contributed by atoms with Gasteiger partial charge in [0.2, 0.25) is 0 Å². The van der Waals surface area contributed by atoms with E-state index in [-0.39, 0.29) is 13.0 Å². The average Bonchev–Trinajstić information content (AvgIpc) is 2.06. The first kappa shape index (κ1) is 9.32. The molecule has 0 aliphatic carbocycles. The molecule has 1 rings (SSSR count). The summed E-state index contributed by atoms with van der Waals surface area (Å²) in [4.78, 5) is 3.68. The van der Waals surface area contributed by atoms with Crippen molar-refractivity contribution in [1.82, 2.24) is 0 Å². The van der Waals surface area contributed by atoms with E-state index in [0.717, 1.165) is 0 Å². The minimum absolute atomic E-state index is 0.0149. The Morgan fingerprint density at radius 2 is 2.33 bits per heavy atom. The molecule has 68 valence electrons. The Labute approximate surface area is 70.2 Å². The number of hydrogen-bond donors (Lipinski definition) is 1. The molecule has 0 aromatic carbocycles. The third kappa shape index (κ3) is 2.11. The summed E-state index contributed by atoms with van der Waals surface area (Å²) in [7, 11) is 0. The van der Waals surface area contributed by atoms with Crippen LogP contribution in [0.4, 0.5) is 8.78 Å². The molecule has 1 aliphatic heterocycles. The number of nitrogens with zero attached hydrogens (tertiary/aromatic N) is 1. The van der Waals surface area contributed by atoms with Crippen LogP contribution in [0.1, 0.15) is 12.8 Å². The van der Waals surface area contributed by atoms with Crippen LogP contribution in [0.3, 0.4) is 0 Å². The highest BCUT2D eigenvalue weighted by Gasteiger charge is 2.37. The molecular weight excluding hydrogens is 162 g/mol. The second-order valence-electron chi connectivity index (χ2n) is 2.82. The van der Waals surface area contributed by atoms with E-state index in [0.29, 0.717) is 6.42 Å². The molecule has 1 unspecified atom stereocenters. The normalized spacial score (nSPS) is 23.1. The van der Waals surface area contributed by atoms with Gasteiger partial charge in [-0.2, -0.15) is 0 Å². The largest absolute Gasteiger partial charge is 0.330 e. The van der Waals surface area contributed by atoms with E-state index in [9.17, 15) is 8.78 Å². The summed E-state index contributed by atoms with van der Waals surface area (Å²) in [5, 5.41) is 0. The van der Waals surface area contributed by atoms with E-state index in [1.54, 1.807) is 6.08 Å². The zero-order chi connectivity index (χ0) is 9.03. The van der Waals surface area contributed by atoms with Gasteiger partial charge < -0.3 is 5.73 Å². The summed E-state index contributed by atoms with van der Waals surface area (Å²) in [6.45, 7) is 0.0149. The van der Waals surface area contributed by atoms with Crippen LogP contribution in [0.15, 0.2) is 17.3 Å². The molecule has 0 aromatic rings. The van der Waals surface area contributed by atoms with Crippen LogP contribution < -0.4 is 5.73 Å². The smallest absolute Gasteiger partial charge is 0.257 e. The van der Waals surface area contributed by atoms with E-state index < -0.39 is 11.8 Å². The maximum absolute atomic E-state index is 13.1. The summed E-state index contributed by atoms with van der Waals surface area (Å²) in [6, 6.07) is 0. The number of aliphatic imine (C=N–C) groups is 1. The third-order valence-electron chi connectivity index (χ3n) is 1.87. The van der Waals surface area contributed by atoms with Crippen molar-refractivity contribution >= 4 is 6.21 Å². The summed E-state index contributed by atoms with van der Waals surface area (Å²) in [5.74, 6) is -3.48. The second kappa shape index (κ2) is 3.76. The SMILES string of the molecule is NCCC(F)(F)C1C=NC=CC1. The summed E-state index contributed by atoms with van der Waals surface area (Å²) in [5.41, 5.74) is 5.08. The highest BCUT2D eigenvalue weighted by atomic mass is 19.3. The molecule has 0 bridgehead atoms. The fourth-order valence-corrected chi connectivity index (χ4v) is 1.14. The standard InChI is InChI=1S/C8H12F2N2/c9-8(10,3-4-11)7-2-1-5-12-6-7/h1,5-7H,2-4,11H2. The molecule has 12 heavy (non-hydrogen) atoms. The second-order valence-corrected chi connectivity index (χ2v) is 2.82. The van der Waals surface area contributed by atoms with Gasteiger partial charge in [-0.3, -0.25) is 4.99 Å². The monoisotopic (exact) mass is 174 g/mol. The molecule has 0 fully saturated rings. The Balaban J connectivity index is 2.56. The molecule has 0 spiro atoms. The third-order valence-corrected chi connectivity index (χ3v) is 1.87. The van der Waals surface area contributed by atoms with E-state index in [1.165, 1.54) is 12.4 Å². The lowest BCUT2D eigenvalue weighted by Crippen LogP contribution is -2.32. The highest BCUT2D eigenvalue weighted by Crippen LogP contribution is 2.30. The van der Waals surface area contributed by atoms with Crippen LogP contribution >= 0.6 is 0 Å². The summed E-state index contributed by atoms with van der Waals surface area (Å²) >= 11 is 0. The van der Waals surface area contributed by atoms with E-state index in [4.69, 9.17) is 5.73 Å². The first-order valence-electron chi connectivity index (χ1n) is 3.93. The van der Waals surface area contributed by atoms with Gasteiger partial charge in [0.15, 0.2) is 0 Å². The number of allylic oxidation sites excluding steroid dienone is 1. The van der Waals surface area contributed by atoms with Gasteiger partial charge in [-0.25, -0.2) is 8.78 Å². The first-order chi connectivity index (χ1) is 5.67. The van der Waals surface area contributed by atoms with Crippen molar-refractivity contribution in [3.8, 4) is 0 Å². The van der Waals surface area contributed by atoms with Crippen LogP contribution in [0.25, 0.3) is 0 Å². The van der Waals surface area contributed by atoms with Crippen molar-refractivity contribution in [1.29, 1.82) is 0 Å². The maximum Gasteiger partial charge on any atom is 0.257 e. The van der Waals surface area contributed by atoms with Gasteiger partial charge in [0.25, 0.3) is 5.92 Å². The molecular formula is C8H12F2N2. The summed E-state index contributed by atoms with van der Waals surface area (Å²) in [6.07, 6.45) is 4.58. The van der Waals surface area contributed by atoms with Crippen LogP contribution in [-0.2, 0) is 0 Å². The lowest BCUT2D eigenvalue weighted by atomic mass is 9.95. The number of alkyl halides is 2. The number of halogens is 2. The Hall–Kier alpha value is -0.770. The molecule has 0 aromatic heterocycles. The molecule has 1 heterocycles. The van der Waals surface area contributed by atoms with Crippen LogP contribution in [-0.4, -0.2) is 18.7 Å². The first-order valence-corrected chi connectivity index (χ1v) is 3.93. The van der Waals surface area contributed by atoms with Crippen LogP contribution in [0.5, 0.6) is 0 Å². The average molecular weight is 174 g/mol. The van der Waals surface area contributed by atoms with Gasteiger partial charge in [0.05, 0.1) is 5.92 Å². The van der Waals surface area contributed by atoms with Crippen molar-refractivity contribution in [2.45, 2.75) is 18.8 Å². The zero-order valence-electron chi connectivity index (χ0n) is 6.71. The van der Waals surface area contributed by atoms with Crippen molar-refractivity contribution in [2.24, 2.45) is 16.6 Å². The fourth-order valence-electron chi connectivity index (χ4n) is 1.14. The fraction of sp³-hybridized carbons (Fsp3) is 0.625. The minimum Gasteiger partial charge on any atom is -0.330 e. The van der Waals surface area contributed by atoms with Gasteiger partial charge in [-0.05, 0) is 13.0 Å². The molecule has 2 N–H and O–H groups in total. The van der Waals surface area contributed by atoms with Crippen LogP contribution in [0, 0.1) is 5.92 Å². The molecule has 2 nitrogen and oxygen atoms in total. The lowest BCUT2D eigenvalue weighted by molar-refractivity contribution is -0.0364. The lowest BCUT2D eigenvalue weighted by Gasteiger charge is -2.23. The van der Waals surface area contributed by atoms with E-state index >= 15 is 0 Å². The Morgan fingerprint density at radius 3 is 2.83 bits per heavy atom. The quantitative estimate of drug-likeness (QED) is 0.693. The Kier molecular flexibility index (Phi) is 2.92. The molecule has 0 radical (unpaired) electrons. The van der Waals surface area contributed by atoms with Crippen molar-refractivity contribution in [2.75, 3.05) is 6.54 Å². The minimum atomic E-state index is -2.71. The van der Waals surface area contributed by atoms with Gasteiger partial charge in [-0.15, -0.1) is 0 Å². The zero-order valence-corrected chi connectivity index (χ0v) is 6.71. The Morgan fingerprint density at radius 1 is 1.58 bits per heavy atom. The van der Waals surface area contributed by atoms with Gasteiger partial charge >= 0.3 is 0 Å². The number of nitrogens with two attached hydrogens (primary N) is 1. The highest BCUT2D eigenvalue weighted by molar-refractivity contribution is 5.64. The van der Waals surface area contributed by atoms with Crippen molar-refractivity contribution < 1.29 is 8.78 Å². The molecule has 1 atom stereocenters. The van der Waals surface area contributed by atoms with Crippen molar-refractivity contribution in [3.63, 3.8) is 0 Å². The van der Waals surface area contributed by atoms with Gasteiger partial charge in [0.1, 0.15) is 0 Å². The number of hydrogen-bond acceptors (Lipinski definition) is 2. The number of rotatable bonds is 3. The van der Waals surface area contributed by atoms with Gasteiger partial charge in [0, 0.05) is 18.8 Å².